The lowest BCUT2D eigenvalue weighted by Gasteiger charge is -2.23. The maximum Gasteiger partial charge on any atom is 0.245 e. The Morgan fingerprint density at radius 3 is 2.58 bits per heavy atom. The molecule has 0 aliphatic rings. The molecule has 1 heterocycles. The van der Waals surface area contributed by atoms with Crippen molar-refractivity contribution in [3.63, 3.8) is 0 Å². The first kappa shape index (κ1) is 17.7. The Bertz CT molecular complexity index is 639. The van der Waals surface area contributed by atoms with E-state index in [0.29, 0.717) is 18.3 Å². The van der Waals surface area contributed by atoms with Gasteiger partial charge in [-0.25, -0.2) is 0 Å². The molecule has 0 unspecified atom stereocenters. The monoisotopic (exact) mass is 329 g/mol. The smallest absolute Gasteiger partial charge is 0.245 e. The van der Waals surface area contributed by atoms with Gasteiger partial charge in [0, 0.05) is 12.6 Å². The molecule has 6 heteroatoms. The third kappa shape index (κ3) is 5.87. The van der Waals surface area contributed by atoms with E-state index in [1.54, 1.807) is 11.0 Å². The summed E-state index contributed by atoms with van der Waals surface area (Å²) in [6.07, 6.45) is 2.51. The van der Waals surface area contributed by atoms with Gasteiger partial charge in [0.15, 0.2) is 5.82 Å². The van der Waals surface area contributed by atoms with Gasteiger partial charge >= 0.3 is 0 Å². The van der Waals surface area contributed by atoms with E-state index in [9.17, 15) is 9.59 Å². The van der Waals surface area contributed by atoms with E-state index in [-0.39, 0.29) is 24.8 Å². The zero-order chi connectivity index (χ0) is 17.4. The van der Waals surface area contributed by atoms with Crippen LogP contribution in [0.1, 0.15) is 25.8 Å². The second kappa shape index (κ2) is 8.86. The fraction of sp³-hybridized carbons (Fsp3) is 0.389. The lowest BCUT2D eigenvalue weighted by atomic mass is 10.1. The van der Waals surface area contributed by atoms with Gasteiger partial charge in [-0.3, -0.25) is 9.59 Å². The highest BCUT2D eigenvalue weighted by Crippen LogP contribution is 2.08. The highest BCUT2D eigenvalue weighted by Gasteiger charge is 2.18. The van der Waals surface area contributed by atoms with Crippen LogP contribution in [0.5, 0.6) is 0 Å². The fourth-order valence-electron chi connectivity index (χ4n) is 2.22. The molecule has 24 heavy (non-hydrogen) atoms. The minimum absolute atomic E-state index is 0.00521. The lowest BCUT2D eigenvalue weighted by molar-refractivity contribution is -0.134. The first-order valence-electron chi connectivity index (χ1n) is 8.06. The molecule has 6 nitrogen and oxygen atoms in total. The molecule has 128 valence electrons. The average molecular weight is 329 g/mol. The quantitative estimate of drug-likeness (QED) is 0.808. The van der Waals surface area contributed by atoms with E-state index in [4.69, 9.17) is 0 Å². The number of nitrogens with one attached hydrogen (secondary N) is 1. The van der Waals surface area contributed by atoms with Gasteiger partial charge in [0.05, 0.1) is 13.0 Å². The van der Waals surface area contributed by atoms with Gasteiger partial charge in [0.1, 0.15) is 6.26 Å². The summed E-state index contributed by atoms with van der Waals surface area (Å²) >= 11 is 0. The molecule has 0 saturated heterocycles. The molecule has 1 aromatic carbocycles. The van der Waals surface area contributed by atoms with Crippen molar-refractivity contribution >= 4 is 17.6 Å². The number of hydrogen-bond acceptors (Lipinski definition) is 4. The predicted molar refractivity (Wildman–Crippen MR) is 91.3 cm³/mol. The van der Waals surface area contributed by atoms with Crippen molar-refractivity contribution in [3.8, 4) is 0 Å². The summed E-state index contributed by atoms with van der Waals surface area (Å²) in [5, 5.41) is 6.26. The molecule has 0 fully saturated rings. The Labute approximate surface area is 141 Å². The van der Waals surface area contributed by atoms with Gasteiger partial charge < -0.3 is 14.7 Å². The molecule has 0 radical (unpaired) electrons. The van der Waals surface area contributed by atoms with Gasteiger partial charge in [0.2, 0.25) is 11.8 Å². The highest BCUT2D eigenvalue weighted by atomic mass is 16.5. The topological polar surface area (TPSA) is 75.4 Å². The van der Waals surface area contributed by atoms with E-state index in [1.807, 2.05) is 30.3 Å². The number of anilines is 1. The summed E-state index contributed by atoms with van der Waals surface area (Å²) in [5.41, 5.74) is 0.939. The first-order chi connectivity index (χ1) is 11.5. The third-order valence-corrected chi connectivity index (χ3v) is 3.57. The molecule has 0 aliphatic carbocycles. The molecule has 2 rings (SSSR count). The molecule has 0 bridgehead atoms. The maximum atomic E-state index is 12.6. The van der Waals surface area contributed by atoms with Crippen LogP contribution in [0.4, 0.5) is 5.82 Å². The molecule has 2 amide bonds. The highest BCUT2D eigenvalue weighted by molar-refractivity contribution is 5.94. The van der Waals surface area contributed by atoms with Crippen LogP contribution >= 0.6 is 0 Å². The number of amides is 2. The number of hydrogen-bond donors (Lipinski definition) is 1. The molecule has 0 aliphatic heterocycles. The molecule has 1 aromatic heterocycles. The Morgan fingerprint density at radius 1 is 1.21 bits per heavy atom. The van der Waals surface area contributed by atoms with Gasteiger partial charge in [-0.2, -0.15) is 0 Å². The van der Waals surface area contributed by atoms with E-state index >= 15 is 0 Å². The van der Waals surface area contributed by atoms with Crippen molar-refractivity contribution in [2.75, 3.05) is 18.4 Å². The second-order valence-corrected chi connectivity index (χ2v) is 6.09. The summed E-state index contributed by atoms with van der Waals surface area (Å²) in [4.78, 5) is 26.3. The summed E-state index contributed by atoms with van der Waals surface area (Å²) in [6.45, 7) is 4.74. The average Bonchev–Trinajstić information content (AvgIpc) is 3.05. The number of aromatic nitrogens is 1. The molecular weight excluding hydrogens is 306 g/mol. The van der Waals surface area contributed by atoms with Gasteiger partial charge in [-0.05, 0) is 17.9 Å². The van der Waals surface area contributed by atoms with Crippen LogP contribution < -0.4 is 5.32 Å². The second-order valence-electron chi connectivity index (χ2n) is 6.09. The zero-order valence-electron chi connectivity index (χ0n) is 14.1. The molecule has 2 aromatic rings. The van der Waals surface area contributed by atoms with Gasteiger partial charge in [0.25, 0.3) is 0 Å². The van der Waals surface area contributed by atoms with Gasteiger partial charge in [-0.1, -0.05) is 49.3 Å². The number of nitrogens with zero attached hydrogens (tertiary/aromatic N) is 2. The zero-order valence-corrected chi connectivity index (χ0v) is 14.1. The minimum Gasteiger partial charge on any atom is -0.363 e. The van der Waals surface area contributed by atoms with Crippen molar-refractivity contribution in [2.24, 2.45) is 5.92 Å². The van der Waals surface area contributed by atoms with Crippen molar-refractivity contribution in [1.29, 1.82) is 0 Å². The van der Waals surface area contributed by atoms with Crippen LogP contribution in [0.15, 0.2) is 47.2 Å². The fourth-order valence-corrected chi connectivity index (χ4v) is 2.22. The van der Waals surface area contributed by atoms with Crippen molar-refractivity contribution in [3.05, 3.63) is 48.2 Å². The van der Waals surface area contributed by atoms with Crippen LogP contribution in [0.2, 0.25) is 0 Å². The molecule has 1 N–H and O–H groups in total. The van der Waals surface area contributed by atoms with Crippen molar-refractivity contribution < 1.29 is 14.1 Å². The van der Waals surface area contributed by atoms with Crippen LogP contribution in [0.25, 0.3) is 0 Å². The molecule has 0 saturated carbocycles. The Morgan fingerprint density at radius 2 is 1.96 bits per heavy atom. The summed E-state index contributed by atoms with van der Waals surface area (Å²) < 4.78 is 4.68. The summed E-state index contributed by atoms with van der Waals surface area (Å²) in [5.74, 6) is 0.459. The lowest BCUT2D eigenvalue weighted by Crippen LogP contribution is -2.40. The largest absolute Gasteiger partial charge is 0.363 e. The van der Waals surface area contributed by atoms with Crippen LogP contribution in [-0.4, -0.2) is 35.0 Å². The van der Waals surface area contributed by atoms with Gasteiger partial charge in [-0.15, -0.1) is 0 Å². The Kier molecular flexibility index (Phi) is 6.54. The SMILES string of the molecule is CC(C)CCN(CC(=O)Nc1ccon1)C(=O)Cc1ccccc1. The Balaban J connectivity index is 1.97. The maximum absolute atomic E-state index is 12.6. The van der Waals surface area contributed by atoms with E-state index in [0.717, 1.165) is 12.0 Å². The predicted octanol–water partition coefficient (Wildman–Crippen LogP) is 2.73. The van der Waals surface area contributed by atoms with Crippen molar-refractivity contribution in [2.45, 2.75) is 26.7 Å². The van der Waals surface area contributed by atoms with E-state index in [2.05, 4.69) is 28.8 Å². The summed E-state index contributed by atoms with van der Waals surface area (Å²) in [6, 6.07) is 11.1. The minimum atomic E-state index is -0.283. The number of rotatable bonds is 8. The van der Waals surface area contributed by atoms with Crippen LogP contribution in [-0.2, 0) is 16.0 Å². The van der Waals surface area contributed by atoms with Crippen LogP contribution in [0.3, 0.4) is 0 Å². The van der Waals surface area contributed by atoms with Crippen LogP contribution in [0, 0.1) is 5.92 Å². The van der Waals surface area contributed by atoms with E-state index in [1.165, 1.54) is 6.26 Å². The number of benzene rings is 1. The summed E-state index contributed by atoms with van der Waals surface area (Å²) in [7, 11) is 0. The third-order valence-electron chi connectivity index (χ3n) is 3.57. The molecular formula is C18H23N3O3. The first-order valence-corrected chi connectivity index (χ1v) is 8.06. The van der Waals surface area contributed by atoms with E-state index < -0.39 is 0 Å². The standard InChI is InChI=1S/C18H23N3O3/c1-14(2)8-10-21(13-17(22)19-16-9-11-24-20-16)18(23)12-15-6-4-3-5-7-15/h3-7,9,11,14H,8,10,12-13H2,1-2H3,(H,19,20,22). The normalized spacial score (nSPS) is 10.6. The molecule has 0 atom stereocenters. The number of carbonyl (C=O) groups is 2. The number of carbonyl (C=O) groups excluding carboxylic acids is 2. The van der Waals surface area contributed by atoms with Crippen molar-refractivity contribution in [1.82, 2.24) is 10.1 Å². The Hall–Kier alpha value is -2.63. The molecule has 0 spiro atoms.